The number of halogens is 2. The van der Waals surface area contributed by atoms with Crippen molar-refractivity contribution in [1.29, 1.82) is 0 Å². The Kier molecular flexibility index (Phi) is 2.82. The first-order valence-electron chi connectivity index (χ1n) is 3.56. The number of rotatable bonds is 1. The van der Waals surface area contributed by atoms with Crippen LogP contribution in [0, 0.1) is 0 Å². The first kappa shape index (κ1) is 8.46. The fourth-order valence-electron chi connectivity index (χ4n) is 0.978. The van der Waals surface area contributed by atoms with Crippen molar-refractivity contribution in [3.8, 4) is 0 Å². The second-order valence-electron chi connectivity index (χ2n) is 2.42. The quantitative estimate of drug-likeness (QED) is 0.542. The number of allylic oxidation sites excluding steroid dienone is 1. The number of ether oxygens (including phenoxy) is 1. The molecule has 1 aliphatic heterocycles. The van der Waals surface area contributed by atoms with E-state index >= 15 is 0 Å². The lowest BCUT2D eigenvalue weighted by Gasteiger charge is -2.26. The standard InChI is InChI=1S/C7H11F2NO/c1-6(8)7(9)10-2-4-11-5-3-10/h2-5H2,1H3/b7-6+. The van der Waals surface area contributed by atoms with Crippen LogP contribution < -0.4 is 0 Å². The fourth-order valence-corrected chi connectivity index (χ4v) is 0.978. The summed E-state index contributed by atoms with van der Waals surface area (Å²) in [7, 11) is 0. The highest BCUT2D eigenvalue weighted by Crippen LogP contribution is 2.13. The molecule has 11 heavy (non-hydrogen) atoms. The predicted molar refractivity (Wildman–Crippen MR) is 37.3 cm³/mol. The normalized spacial score (nSPS) is 21.5. The van der Waals surface area contributed by atoms with Gasteiger partial charge in [-0.15, -0.1) is 0 Å². The zero-order chi connectivity index (χ0) is 8.27. The SMILES string of the molecule is C/C(F)=C(/F)N1CCOCC1. The Balaban J connectivity index is 2.52. The van der Waals surface area contributed by atoms with E-state index in [4.69, 9.17) is 4.74 Å². The summed E-state index contributed by atoms with van der Waals surface area (Å²) in [6, 6.07) is 0. The maximum absolute atomic E-state index is 12.8. The molecule has 0 unspecified atom stereocenters. The molecule has 0 saturated carbocycles. The van der Waals surface area contributed by atoms with Crippen LogP contribution in [0.15, 0.2) is 11.8 Å². The molecule has 1 aliphatic rings. The molecule has 0 aromatic heterocycles. The Morgan fingerprint density at radius 2 is 1.82 bits per heavy atom. The number of morpholine rings is 1. The summed E-state index contributed by atoms with van der Waals surface area (Å²) in [4.78, 5) is 1.35. The van der Waals surface area contributed by atoms with Gasteiger partial charge in [0.1, 0.15) is 5.83 Å². The van der Waals surface area contributed by atoms with Crippen molar-refractivity contribution in [2.45, 2.75) is 6.92 Å². The van der Waals surface area contributed by atoms with E-state index in [9.17, 15) is 8.78 Å². The second kappa shape index (κ2) is 3.67. The Morgan fingerprint density at radius 1 is 1.27 bits per heavy atom. The predicted octanol–water partition coefficient (Wildman–Crippen LogP) is 1.45. The lowest BCUT2D eigenvalue weighted by atomic mass is 10.4. The Morgan fingerprint density at radius 3 is 2.27 bits per heavy atom. The Hall–Kier alpha value is -0.640. The molecule has 0 aromatic carbocycles. The lowest BCUT2D eigenvalue weighted by Crippen LogP contribution is -2.34. The maximum atomic E-state index is 12.8. The molecule has 1 fully saturated rings. The smallest absolute Gasteiger partial charge is 0.221 e. The van der Waals surface area contributed by atoms with E-state index in [1.807, 2.05) is 0 Å². The van der Waals surface area contributed by atoms with Crippen LogP contribution in [-0.2, 0) is 4.74 Å². The largest absolute Gasteiger partial charge is 0.378 e. The monoisotopic (exact) mass is 163 g/mol. The van der Waals surface area contributed by atoms with Crippen molar-refractivity contribution < 1.29 is 13.5 Å². The zero-order valence-electron chi connectivity index (χ0n) is 6.44. The zero-order valence-corrected chi connectivity index (χ0v) is 6.44. The van der Waals surface area contributed by atoms with E-state index < -0.39 is 11.8 Å². The summed E-state index contributed by atoms with van der Waals surface area (Å²) in [5.41, 5.74) is 0. The summed E-state index contributed by atoms with van der Waals surface area (Å²) < 4.78 is 30.1. The van der Waals surface area contributed by atoms with Crippen LogP contribution in [0.1, 0.15) is 6.92 Å². The van der Waals surface area contributed by atoms with Gasteiger partial charge < -0.3 is 9.64 Å². The minimum absolute atomic E-state index is 0.438. The third-order valence-electron chi connectivity index (χ3n) is 1.57. The maximum Gasteiger partial charge on any atom is 0.221 e. The average molecular weight is 163 g/mol. The molecule has 0 atom stereocenters. The second-order valence-corrected chi connectivity index (χ2v) is 2.42. The van der Waals surface area contributed by atoms with Crippen LogP contribution in [0.4, 0.5) is 8.78 Å². The van der Waals surface area contributed by atoms with Crippen molar-refractivity contribution >= 4 is 0 Å². The molecule has 0 N–H and O–H groups in total. The Labute approximate surface area is 64.4 Å². The van der Waals surface area contributed by atoms with Crippen molar-refractivity contribution in [3.05, 3.63) is 11.8 Å². The third kappa shape index (κ3) is 2.15. The molecule has 0 spiro atoms. The number of hydrogen-bond donors (Lipinski definition) is 0. The van der Waals surface area contributed by atoms with Crippen LogP contribution in [0.5, 0.6) is 0 Å². The van der Waals surface area contributed by atoms with Gasteiger partial charge in [-0.25, -0.2) is 4.39 Å². The van der Waals surface area contributed by atoms with Gasteiger partial charge in [0, 0.05) is 13.1 Å². The first-order chi connectivity index (χ1) is 5.22. The summed E-state index contributed by atoms with van der Waals surface area (Å²) >= 11 is 0. The molecule has 0 radical (unpaired) electrons. The highest BCUT2D eigenvalue weighted by molar-refractivity contribution is 4.96. The van der Waals surface area contributed by atoms with E-state index in [0.29, 0.717) is 26.3 Å². The van der Waals surface area contributed by atoms with Crippen LogP contribution >= 0.6 is 0 Å². The van der Waals surface area contributed by atoms with Gasteiger partial charge in [-0.05, 0) is 6.92 Å². The van der Waals surface area contributed by atoms with E-state index in [1.54, 1.807) is 0 Å². The van der Waals surface area contributed by atoms with Crippen LogP contribution in [0.3, 0.4) is 0 Å². The van der Waals surface area contributed by atoms with Crippen LogP contribution in [0.2, 0.25) is 0 Å². The number of hydrogen-bond acceptors (Lipinski definition) is 2. The third-order valence-corrected chi connectivity index (χ3v) is 1.57. The molecule has 0 bridgehead atoms. The summed E-state index contributed by atoms with van der Waals surface area (Å²) in [5, 5.41) is 0. The van der Waals surface area contributed by atoms with E-state index in [2.05, 4.69) is 0 Å². The van der Waals surface area contributed by atoms with Crippen molar-refractivity contribution in [3.63, 3.8) is 0 Å². The van der Waals surface area contributed by atoms with Crippen molar-refractivity contribution in [1.82, 2.24) is 4.90 Å². The molecule has 64 valence electrons. The molecule has 0 aliphatic carbocycles. The van der Waals surface area contributed by atoms with Crippen molar-refractivity contribution in [2.75, 3.05) is 26.3 Å². The van der Waals surface area contributed by atoms with Gasteiger partial charge >= 0.3 is 0 Å². The van der Waals surface area contributed by atoms with Gasteiger partial charge in [0.25, 0.3) is 0 Å². The van der Waals surface area contributed by atoms with E-state index in [0.717, 1.165) is 6.92 Å². The van der Waals surface area contributed by atoms with Gasteiger partial charge in [0.15, 0.2) is 0 Å². The molecule has 1 saturated heterocycles. The fraction of sp³-hybridized carbons (Fsp3) is 0.714. The summed E-state index contributed by atoms with van der Waals surface area (Å²) in [6.45, 7) is 2.94. The van der Waals surface area contributed by atoms with Crippen molar-refractivity contribution in [2.24, 2.45) is 0 Å². The molecule has 1 rings (SSSR count). The van der Waals surface area contributed by atoms with E-state index in [-0.39, 0.29) is 0 Å². The minimum Gasteiger partial charge on any atom is -0.378 e. The average Bonchev–Trinajstić information content (AvgIpc) is 2.05. The molecule has 0 aromatic rings. The molecule has 2 nitrogen and oxygen atoms in total. The molecule has 4 heteroatoms. The van der Waals surface area contributed by atoms with Crippen LogP contribution in [-0.4, -0.2) is 31.2 Å². The van der Waals surface area contributed by atoms with Gasteiger partial charge in [-0.1, -0.05) is 0 Å². The summed E-state index contributed by atoms with van der Waals surface area (Å²) in [5.74, 6) is -1.51. The number of nitrogens with zero attached hydrogens (tertiary/aromatic N) is 1. The lowest BCUT2D eigenvalue weighted by molar-refractivity contribution is 0.0403. The van der Waals surface area contributed by atoms with Gasteiger partial charge in [0.2, 0.25) is 5.95 Å². The topological polar surface area (TPSA) is 12.5 Å². The highest BCUT2D eigenvalue weighted by Gasteiger charge is 2.15. The molecular weight excluding hydrogens is 152 g/mol. The van der Waals surface area contributed by atoms with Gasteiger partial charge in [0.05, 0.1) is 13.2 Å². The minimum atomic E-state index is -0.758. The van der Waals surface area contributed by atoms with E-state index in [1.165, 1.54) is 4.90 Å². The van der Waals surface area contributed by atoms with Crippen LogP contribution in [0.25, 0.3) is 0 Å². The molecular formula is C7H11F2NO. The molecule has 1 heterocycles. The first-order valence-corrected chi connectivity index (χ1v) is 3.56. The Bertz CT molecular complexity index is 160. The van der Waals surface area contributed by atoms with Gasteiger partial charge in [-0.2, -0.15) is 4.39 Å². The molecule has 0 amide bonds. The highest BCUT2D eigenvalue weighted by atomic mass is 19.2. The summed E-state index contributed by atoms with van der Waals surface area (Å²) in [6.07, 6.45) is 0. The van der Waals surface area contributed by atoms with Gasteiger partial charge in [-0.3, -0.25) is 0 Å².